The lowest BCUT2D eigenvalue weighted by molar-refractivity contribution is 0.384. The highest BCUT2D eigenvalue weighted by molar-refractivity contribution is 7.99. The lowest BCUT2D eigenvalue weighted by atomic mass is 10.1. The van der Waals surface area contributed by atoms with Gasteiger partial charge in [0.25, 0.3) is 0 Å². The molecule has 1 aromatic heterocycles. The first-order valence-electron chi connectivity index (χ1n) is 4.92. The summed E-state index contributed by atoms with van der Waals surface area (Å²) in [6.45, 7) is 3.60. The minimum Gasteiger partial charge on any atom is -0.340 e. The van der Waals surface area contributed by atoms with Crippen molar-refractivity contribution >= 4 is 11.8 Å². The fourth-order valence-corrected chi connectivity index (χ4v) is 2.83. The van der Waals surface area contributed by atoms with E-state index < -0.39 is 0 Å². The van der Waals surface area contributed by atoms with Gasteiger partial charge in [0.2, 0.25) is 5.89 Å². The molecule has 4 nitrogen and oxygen atoms in total. The Bertz CT molecular complexity index is 283. The summed E-state index contributed by atoms with van der Waals surface area (Å²) in [5.74, 6) is 4.82. The van der Waals surface area contributed by atoms with Crippen molar-refractivity contribution in [1.29, 1.82) is 0 Å². The molecule has 0 spiro atoms. The summed E-state index contributed by atoms with van der Waals surface area (Å²) in [6.07, 6.45) is 1.34. The molecule has 1 atom stereocenters. The summed E-state index contributed by atoms with van der Waals surface area (Å²) in [7, 11) is 0. The second-order valence-corrected chi connectivity index (χ2v) is 4.74. The molecule has 1 aromatic rings. The minimum atomic E-state index is 0.637. The van der Waals surface area contributed by atoms with Crippen molar-refractivity contribution in [2.45, 2.75) is 19.9 Å². The predicted molar refractivity (Wildman–Crippen MR) is 56.2 cm³/mol. The number of thioether (sulfide) groups is 1. The van der Waals surface area contributed by atoms with Gasteiger partial charge in [0.05, 0.1) is 6.54 Å². The molecular weight excluding hydrogens is 198 g/mol. The quantitative estimate of drug-likeness (QED) is 0.815. The summed E-state index contributed by atoms with van der Waals surface area (Å²) in [5.41, 5.74) is 0. The van der Waals surface area contributed by atoms with Crippen molar-refractivity contribution in [2.24, 2.45) is 5.92 Å². The van der Waals surface area contributed by atoms with Gasteiger partial charge in [-0.2, -0.15) is 16.7 Å². The van der Waals surface area contributed by atoms with Gasteiger partial charge >= 0.3 is 0 Å². The maximum absolute atomic E-state index is 4.88. The maximum atomic E-state index is 4.88. The topological polar surface area (TPSA) is 51.0 Å². The second kappa shape index (κ2) is 4.79. The molecule has 0 bridgehead atoms. The van der Waals surface area contributed by atoms with Crippen LogP contribution in [0.5, 0.6) is 0 Å². The summed E-state index contributed by atoms with van der Waals surface area (Å²) in [6, 6.07) is 0. The molecule has 1 unspecified atom stereocenters. The molecule has 1 saturated heterocycles. The second-order valence-electron chi connectivity index (χ2n) is 3.59. The highest BCUT2D eigenvalue weighted by Gasteiger charge is 2.14. The van der Waals surface area contributed by atoms with Gasteiger partial charge in [-0.3, -0.25) is 0 Å². The smallest absolute Gasteiger partial charge is 0.223 e. The van der Waals surface area contributed by atoms with E-state index in [4.69, 9.17) is 4.52 Å². The van der Waals surface area contributed by atoms with E-state index in [0.717, 1.165) is 24.8 Å². The van der Waals surface area contributed by atoms with Crippen LogP contribution in [0.4, 0.5) is 0 Å². The van der Waals surface area contributed by atoms with Gasteiger partial charge in [-0.25, -0.2) is 0 Å². The van der Waals surface area contributed by atoms with Crippen molar-refractivity contribution in [2.75, 3.05) is 18.1 Å². The van der Waals surface area contributed by atoms with E-state index in [1.54, 1.807) is 0 Å². The molecule has 1 N–H and O–H groups in total. The number of hydrogen-bond acceptors (Lipinski definition) is 5. The minimum absolute atomic E-state index is 0.637. The van der Waals surface area contributed by atoms with Gasteiger partial charge in [-0.05, 0) is 30.4 Å². The van der Waals surface area contributed by atoms with E-state index in [9.17, 15) is 0 Å². The summed E-state index contributed by atoms with van der Waals surface area (Å²) in [5, 5.41) is 7.18. The van der Waals surface area contributed by atoms with E-state index in [0.29, 0.717) is 5.89 Å². The summed E-state index contributed by atoms with van der Waals surface area (Å²) >= 11 is 2.04. The van der Waals surface area contributed by atoms with Crippen LogP contribution in [0.3, 0.4) is 0 Å². The molecule has 0 aromatic carbocycles. The maximum Gasteiger partial charge on any atom is 0.223 e. The van der Waals surface area contributed by atoms with Crippen LogP contribution < -0.4 is 5.32 Å². The lowest BCUT2D eigenvalue weighted by Crippen LogP contribution is -2.22. The molecular formula is C9H15N3OS. The van der Waals surface area contributed by atoms with Crippen LogP contribution >= 0.6 is 11.8 Å². The fourth-order valence-electron chi connectivity index (χ4n) is 1.55. The van der Waals surface area contributed by atoms with E-state index >= 15 is 0 Å². The first-order valence-corrected chi connectivity index (χ1v) is 6.07. The average molecular weight is 213 g/mol. The third-order valence-electron chi connectivity index (χ3n) is 2.31. The molecule has 1 aliphatic rings. The molecule has 2 heterocycles. The van der Waals surface area contributed by atoms with Crippen LogP contribution in [0.25, 0.3) is 0 Å². The predicted octanol–water partition coefficient (Wildman–Crippen LogP) is 1.22. The standard InChI is InChI=1S/C9H15N3OS/c1-7-11-9(12-13-7)5-10-4-8-2-3-14-6-8/h8,10H,2-6H2,1H3. The van der Waals surface area contributed by atoms with Crippen LogP contribution in [-0.4, -0.2) is 28.2 Å². The molecule has 2 rings (SSSR count). The number of nitrogens with zero attached hydrogens (tertiary/aromatic N) is 2. The highest BCUT2D eigenvalue weighted by Crippen LogP contribution is 2.22. The van der Waals surface area contributed by atoms with Crippen LogP contribution in [0.15, 0.2) is 4.52 Å². The fraction of sp³-hybridized carbons (Fsp3) is 0.778. The van der Waals surface area contributed by atoms with Crippen LogP contribution in [0.2, 0.25) is 0 Å². The Kier molecular flexibility index (Phi) is 3.42. The Morgan fingerprint density at radius 1 is 1.64 bits per heavy atom. The first-order chi connectivity index (χ1) is 6.84. The molecule has 0 radical (unpaired) electrons. The summed E-state index contributed by atoms with van der Waals surface area (Å²) in [4.78, 5) is 4.13. The largest absolute Gasteiger partial charge is 0.340 e. The van der Waals surface area contributed by atoms with Crippen molar-refractivity contribution < 1.29 is 4.52 Å². The number of aryl methyl sites for hydroxylation is 1. The molecule has 0 aliphatic carbocycles. The molecule has 5 heteroatoms. The monoisotopic (exact) mass is 213 g/mol. The SMILES string of the molecule is Cc1nc(CNCC2CCSC2)no1. The van der Waals surface area contributed by atoms with Gasteiger partial charge in [-0.15, -0.1) is 0 Å². The van der Waals surface area contributed by atoms with E-state index in [1.165, 1.54) is 17.9 Å². The zero-order chi connectivity index (χ0) is 9.80. The lowest BCUT2D eigenvalue weighted by Gasteiger charge is -2.07. The van der Waals surface area contributed by atoms with E-state index in [-0.39, 0.29) is 0 Å². The van der Waals surface area contributed by atoms with Gasteiger partial charge < -0.3 is 9.84 Å². The van der Waals surface area contributed by atoms with Gasteiger partial charge in [0, 0.05) is 6.92 Å². The molecule has 1 fully saturated rings. The van der Waals surface area contributed by atoms with Crippen molar-refractivity contribution in [3.8, 4) is 0 Å². The Morgan fingerprint density at radius 3 is 3.21 bits per heavy atom. The van der Waals surface area contributed by atoms with E-state index in [1.807, 2.05) is 18.7 Å². The number of rotatable bonds is 4. The number of hydrogen-bond donors (Lipinski definition) is 1. The van der Waals surface area contributed by atoms with Crippen molar-refractivity contribution in [3.05, 3.63) is 11.7 Å². The number of aromatic nitrogens is 2. The van der Waals surface area contributed by atoms with Gasteiger partial charge in [-0.1, -0.05) is 5.16 Å². The van der Waals surface area contributed by atoms with Crippen LogP contribution in [-0.2, 0) is 6.54 Å². The van der Waals surface area contributed by atoms with Gasteiger partial charge in [0.1, 0.15) is 0 Å². The van der Waals surface area contributed by atoms with Crippen LogP contribution in [0, 0.1) is 12.8 Å². The molecule has 0 amide bonds. The molecule has 78 valence electrons. The third-order valence-corrected chi connectivity index (χ3v) is 3.54. The molecule has 1 aliphatic heterocycles. The third kappa shape index (κ3) is 2.72. The Labute approximate surface area is 87.8 Å². The Hall–Kier alpha value is -0.550. The highest BCUT2D eigenvalue weighted by atomic mass is 32.2. The molecule has 0 saturated carbocycles. The zero-order valence-corrected chi connectivity index (χ0v) is 9.14. The Morgan fingerprint density at radius 2 is 2.57 bits per heavy atom. The molecule has 14 heavy (non-hydrogen) atoms. The first kappa shape index (κ1) is 9.98. The zero-order valence-electron chi connectivity index (χ0n) is 8.32. The van der Waals surface area contributed by atoms with Gasteiger partial charge in [0.15, 0.2) is 5.82 Å². The average Bonchev–Trinajstić information content (AvgIpc) is 2.77. The van der Waals surface area contributed by atoms with Crippen LogP contribution in [0.1, 0.15) is 18.1 Å². The van der Waals surface area contributed by atoms with Crippen molar-refractivity contribution in [3.63, 3.8) is 0 Å². The van der Waals surface area contributed by atoms with E-state index in [2.05, 4.69) is 15.5 Å². The number of nitrogens with one attached hydrogen (secondary N) is 1. The van der Waals surface area contributed by atoms with Crippen molar-refractivity contribution in [1.82, 2.24) is 15.5 Å². The normalized spacial score (nSPS) is 21.6. The Balaban J connectivity index is 1.67. The summed E-state index contributed by atoms with van der Waals surface area (Å²) < 4.78 is 4.88.